The van der Waals surface area contributed by atoms with E-state index in [0.29, 0.717) is 5.69 Å². The molecule has 0 aliphatic heterocycles. The lowest BCUT2D eigenvalue weighted by molar-refractivity contribution is 0.250. The van der Waals surface area contributed by atoms with E-state index in [0.717, 1.165) is 6.07 Å². The van der Waals surface area contributed by atoms with E-state index in [1.54, 1.807) is 0 Å². The van der Waals surface area contributed by atoms with E-state index in [2.05, 4.69) is 10.6 Å². The van der Waals surface area contributed by atoms with Gasteiger partial charge in [0.2, 0.25) is 0 Å². The molecule has 0 unspecified atom stereocenters. The van der Waals surface area contributed by atoms with Gasteiger partial charge in [0.05, 0.1) is 5.56 Å². The number of anilines is 1. The van der Waals surface area contributed by atoms with Crippen molar-refractivity contribution in [3.63, 3.8) is 0 Å². The third-order valence-corrected chi connectivity index (χ3v) is 1.93. The number of nitrogens with two attached hydrogens (primary N) is 1. The fourth-order valence-corrected chi connectivity index (χ4v) is 1.24. The minimum atomic E-state index is -0.590. The van der Waals surface area contributed by atoms with Crippen LogP contribution in [0.5, 0.6) is 0 Å². The molecule has 1 aromatic carbocycles. The van der Waals surface area contributed by atoms with E-state index in [4.69, 9.17) is 11.1 Å². The van der Waals surface area contributed by atoms with Crippen LogP contribution in [0.25, 0.3) is 0 Å². The molecule has 1 aromatic rings. The summed E-state index contributed by atoms with van der Waals surface area (Å²) in [5.74, 6) is -0.970. The van der Waals surface area contributed by atoms with Crippen LogP contribution in [0, 0.1) is 11.2 Å². The Labute approximate surface area is 98.7 Å². The first-order valence-corrected chi connectivity index (χ1v) is 5.11. The molecule has 0 bridgehead atoms. The first-order valence-electron chi connectivity index (χ1n) is 5.11. The van der Waals surface area contributed by atoms with Gasteiger partial charge in [-0.3, -0.25) is 5.41 Å². The summed E-state index contributed by atoms with van der Waals surface area (Å²) in [7, 11) is 0. The molecule has 0 heterocycles. The molecule has 0 saturated carbocycles. The van der Waals surface area contributed by atoms with Crippen molar-refractivity contribution in [1.29, 1.82) is 5.41 Å². The van der Waals surface area contributed by atoms with E-state index in [-0.39, 0.29) is 23.5 Å². The molecular weight excluding hydrogens is 223 g/mol. The average Bonchev–Trinajstić information content (AvgIpc) is 2.19. The standard InChI is InChI=1S/C11H15FN4O/c1-6(2)15-11(17)16-7-3-4-9(12)8(5-7)10(13)14/h3-6H,1-2H3,(H3,13,14)(H2,15,16,17). The molecule has 0 spiro atoms. The van der Waals surface area contributed by atoms with Gasteiger partial charge in [-0.1, -0.05) is 0 Å². The van der Waals surface area contributed by atoms with E-state index in [1.807, 2.05) is 13.8 Å². The third kappa shape index (κ3) is 3.75. The lowest BCUT2D eigenvalue weighted by Crippen LogP contribution is -2.34. The highest BCUT2D eigenvalue weighted by Gasteiger charge is 2.08. The highest BCUT2D eigenvalue weighted by atomic mass is 19.1. The first kappa shape index (κ1) is 13.0. The molecule has 0 fully saturated rings. The molecule has 6 heteroatoms. The SMILES string of the molecule is CC(C)NC(=O)Nc1ccc(F)c(C(=N)N)c1. The quantitative estimate of drug-likeness (QED) is 0.476. The van der Waals surface area contributed by atoms with E-state index in [9.17, 15) is 9.18 Å². The van der Waals surface area contributed by atoms with Gasteiger partial charge < -0.3 is 16.4 Å². The van der Waals surface area contributed by atoms with Crippen LogP contribution in [0.15, 0.2) is 18.2 Å². The predicted octanol–water partition coefficient (Wildman–Crippen LogP) is 1.64. The Balaban J connectivity index is 2.82. The number of nitrogens with one attached hydrogen (secondary N) is 3. The number of rotatable bonds is 3. The molecule has 92 valence electrons. The molecule has 0 saturated heterocycles. The number of amides is 2. The van der Waals surface area contributed by atoms with E-state index >= 15 is 0 Å². The number of urea groups is 1. The number of amidine groups is 1. The monoisotopic (exact) mass is 238 g/mol. The summed E-state index contributed by atoms with van der Waals surface area (Å²) in [4.78, 5) is 11.4. The van der Waals surface area contributed by atoms with Crippen LogP contribution in [0.1, 0.15) is 19.4 Å². The molecular formula is C11H15FN4O. The molecule has 5 nitrogen and oxygen atoms in total. The van der Waals surface area contributed by atoms with Crippen molar-refractivity contribution in [2.75, 3.05) is 5.32 Å². The largest absolute Gasteiger partial charge is 0.384 e. The lowest BCUT2D eigenvalue weighted by Gasteiger charge is -2.11. The second-order valence-corrected chi connectivity index (χ2v) is 3.86. The number of carbonyl (C=O) groups excluding carboxylic acids is 1. The lowest BCUT2D eigenvalue weighted by atomic mass is 10.1. The van der Waals surface area contributed by atoms with E-state index in [1.165, 1.54) is 12.1 Å². The van der Waals surface area contributed by atoms with Crippen LogP contribution in [0.4, 0.5) is 14.9 Å². The Morgan fingerprint density at radius 3 is 2.65 bits per heavy atom. The summed E-state index contributed by atoms with van der Waals surface area (Å²) in [6.45, 7) is 3.65. The van der Waals surface area contributed by atoms with Crippen LogP contribution in [-0.2, 0) is 0 Å². The van der Waals surface area contributed by atoms with E-state index < -0.39 is 5.82 Å². The maximum atomic E-state index is 13.2. The Hall–Kier alpha value is -2.11. The molecule has 0 radical (unpaired) electrons. The third-order valence-electron chi connectivity index (χ3n) is 1.93. The van der Waals surface area contributed by atoms with Gasteiger partial charge >= 0.3 is 6.03 Å². The minimum Gasteiger partial charge on any atom is -0.384 e. The second kappa shape index (κ2) is 5.29. The highest BCUT2D eigenvalue weighted by molar-refractivity contribution is 5.97. The number of carbonyl (C=O) groups is 1. The topological polar surface area (TPSA) is 91.0 Å². The van der Waals surface area contributed by atoms with Crippen molar-refractivity contribution < 1.29 is 9.18 Å². The van der Waals surface area contributed by atoms with Crippen LogP contribution in [-0.4, -0.2) is 17.9 Å². The normalized spacial score (nSPS) is 10.1. The van der Waals surface area contributed by atoms with Gasteiger partial charge in [0.15, 0.2) is 0 Å². The zero-order valence-electron chi connectivity index (χ0n) is 9.67. The van der Waals surface area contributed by atoms with Gasteiger partial charge in [0.1, 0.15) is 11.7 Å². The summed E-state index contributed by atoms with van der Waals surface area (Å²) in [5.41, 5.74) is 5.56. The minimum absolute atomic E-state index is 0.00252. The van der Waals surface area contributed by atoms with Gasteiger partial charge in [-0.15, -0.1) is 0 Å². The zero-order chi connectivity index (χ0) is 13.0. The van der Waals surface area contributed by atoms with Crippen molar-refractivity contribution in [3.05, 3.63) is 29.6 Å². The number of halogens is 1. The molecule has 2 amide bonds. The van der Waals surface area contributed by atoms with Crippen molar-refractivity contribution in [2.45, 2.75) is 19.9 Å². The predicted molar refractivity (Wildman–Crippen MR) is 64.7 cm³/mol. The number of nitrogen functional groups attached to an aromatic ring is 1. The molecule has 1 rings (SSSR count). The Kier molecular flexibility index (Phi) is 4.03. The fourth-order valence-electron chi connectivity index (χ4n) is 1.24. The zero-order valence-corrected chi connectivity index (χ0v) is 9.67. The van der Waals surface area contributed by atoms with Gasteiger partial charge in [-0.05, 0) is 32.0 Å². The molecule has 0 aromatic heterocycles. The summed E-state index contributed by atoms with van der Waals surface area (Å²) in [6, 6.07) is 3.49. The molecule has 5 N–H and O–H groups in total. The maximum absolute atomic E-state index is 13.2. The highest BCUT2D eigenvalue weighted by Crippen LogP contribution is 2.14. The average molecular weight is 238 g/mol. The first-order chi connectivity index (χ1) is 7.90. The van der Waals surface area contributed by atoms with Gasteiger partial charge in [-0.2, -0.15) is 0 Å². The maximum Gasteiger partial charge on any atom is 0.319 e. The molecule has 0 atom stereocenters. The van der Waals surface area contributed by atoms with Crippen LogP contribution < -0.4 is 16.4 Å². The second-order valence-electron chi connectivity index (χ2n) is 3.86. The van der Waals surface area contributed by atoms with Crippen LogP contribution in [0.2, 0.25) is 0 Å². The van der Waals surface area contributed by atoms with Crippen LogP contribution >= 0.6 is 0 Å². The molecule has 0 aliphatic carbocycles. The van der Waals surface area contributed by atoms with Gasteiger partial charge in [0.25, 0.3) is 0 Å². The van der Waals surface area contributed by atoms with Gasteiger partial charge in [-0.25, -0.2) is 9.18 Å². The van der Waals surface area contributed by atoms with Crippen LogP contribution in [0.3, 0.4) is 0 Å². The number of hydrogen-bond donors (Lipinski definition) is 4. The van der Waals surface area contributed by atoms with Gasteiger partial charge in [0, 0.05) is 11.7 Å². The number of hydrogen-bond acceptors (Lipinski definition) is 2. The fraction of sp³-hybridized carbons (Fsp3) is 0.273. The van der Waals surface area contributed by atoms with Crippen molar-refractivity contribution in [3.8, 4) is 0 Å². The summed E-state index contributed by atoms with van der Waals surface area (Å²) in [6.07, 6.45) is 0. The van der Waals surface area contributed by atoms with Crippen molar-refractivity contribution >= 4 is 17.6 Å². The summed E-state index contributed by atoms with van der Waals surface area (Å²) >= 11 is 0. The summed E-state index contributed by atoms with van der Waals surface area (Å²) < 4.78 is 13.2. The molecule has 17 heavy (non-hydrogen) atoms. The Morgan fingerprint density at radius 1 is 1.47 bits per heavy atom. The molecule has 0 aliphatic rings. The van der Waals surface area contributed by atoms with Crippen molar-refractivity contribution in [1.82, 2.24) is 5.32 Å². The van der Waals surface area contributed by atoms with Crippen molar-refractivity contribution in [2.24, 2.45) is 5.73 Å². The summed E-state index contributed by atoms with van der Waals surface area (Å²) in [5, 5.41) is 12.3. The Bertz CT molecular complexity index is 445. The smallest absolute Gasteiger partial charge is 0.319 e. The number of benzene rings is 1. The Morgan fingerprint density at radius 2 is 2.12 bits per heavy atom.